The Morgan fingerprint density at radius 1 is 0.312 bits per heavy atom. The van der Waals surface area contributed by atoms with E-state index in [0.29, 0.717) is 15.8 Å². The maximum absolute atomic E-state index is 1.66. The summed E-state index contributed by atoms with van der Waals surface area (Å²) < 4.78 is 0. The SMILES string of the molecule is C1CCC(P(CCCCCCP(C2CCCCC2)C2CCCCC2)C2CCCCC2)CC1. The van der Waals surface area contributed by atoms with Gasteiger partial charge in [0.15, 0.2) is 0 Å². The highest BCUT2D eigenvalue weighted by molar-refractivity contribution is 7.59. The van der Waals surface area contributed by atoms with Crippen molar-refractivity contribution < 1.29 is 0 Å². The maximum Gasteiger partial charge on any atom is -0.0207 e. The van der Waals surface area contributed by atoms with E-state index in [1.807, 2.05) is 0 Å². The van der Waals surface area contributed by atoms with Gasteiger partial charge < -0.3 is 0 Å². The van der Waals surface area contributed by atoms with Gasteiger partial charge in [-0.05, 0) is 99.2 Å². The summed E-state index contributed by atoms with van der Waals surface area (Å²) in [6, 6.07) is 0. The van der Waals surface area contributed by atoms with Crippen molar-refractivity contribution in [2.75, 3.05) is 12.3 Å². The van der Waals surface area contributed by atoms with Crippen molar-refractivity contribution in [2.45, 2.75) is 177 Å². The van der Waals surface area contributed by atoms with Crippen LogP contribution in [-0.4, -0.2) is 35.0 Å². The Balaban J connectivity index is 1.19. The van der Waals surface area contributed by atoms with Crippen LogP contribution in [0.15, 0.2) is 0 Å². The van der Waals surface area contributed by atoms with Gasteiger partial charge in [-0.15, -0.1) is 15.8 Å². The van der Waals surface area contributed by atoms with Crippen molar-refractivity contribution in [3.05, 3.63) is 0 Å². The van der Waals surface area contributed by atoms with Crippen LogP contribution >= 0.6 is 15.8 Å². The van der Waals surface area contributed by atoms with E-state index in [1.54, 1.807) is 141 Å². The average molecular weight is 479 g/mol. The second-order valence-electron chi connectivity index (χ2n) is 12.1. The summed E-state index contributed by atoms with van der Waals surface area (Å²) in [6.07, 6.45) is 41.1. The van der Waals surface area contributed by atoms with E-state index in [0.717, 1.165) is 0 Å². The van der Waals surface area contributed by atoms with Gasteiger partial charge in [0.05, 0.1) is 0 Å². The van der Waals surface area contributed by atoms with Gasteiger partial charge in [0.25, 0.3) is 0 Å². The number of unbranched alkanes of at least 4 members (excludes halogenated alkanes) is 3. The molecule has 4 aliphatic carbocycles. The first-order chi connectivity index (χ1) is 15.9. The normalized spacial score (nSPS) is 25.7. The highest BCUT2D eigenvalue weighted by atomic mass is 31.1. The van der Waals surface area contributed by atoms with E-state index >= 15 is 0 Å². The predicted octanol–water partition coefficient (Wildman–Crippen LogP) is 10.8. The van der Waals surface area contributed by atoms with Crippen LogP contribution in [0.5, 0.6) is 0 Å². The molecule has 0 aliphatic heterocycles. The van der Waals surface area contributed by atoms with Crippen molar-refractivity contribution in [1.29, 1.82) is 0 Å². The van der Waals surface area contributed by atoms with E-state index < -0.39 is 0 Å². The van der Waals surface area contributed by atoms with Crippen LogP contribution in [0.2, 0.25) is 0 Å². The minimum absolute atomic E-state index is 0.353. The fraction of sp³-hybridized carbons (Fsp3) is 1.00. The zero-order valence-corrected chi connectivity index (χ0v) is 23.4. The molecule has 32 heavy (non-hydrogen) atoms. The third kappa shape index (κ3) is 8.22. The molecule has 0 aromatic rings. The van der Waals surface area contributed by atoms with E-state index in [9.17, 15) is 0 Å². The molecule has 0 amide bonds. The lowest BCUT2D eigenvalue weighted by atomic mass is 9.99. The van der Waals surface area contributed by atoms with Crippen molar-refractivity contribution in [3.8, 4) is 0 Å². The molecular formula is C30H56P2. The first-order valence-corrected chi connectivity index (χ1v) is 18.8. The molecule has 0 heterocycles. The van der Waals surface area contributed by atoms with Gasteiger partial charge >= 0.3 is 0 Å². The summed E-state index contributed by atoms with van der Waals surface area (Å²) in [5, 5.41) is 0. The van der Waals surface area contributed by atoms with Gasteiger partial charge in [0, 0.05) is 0 Å². The molecule has 4 saturated carbocycles. The first-order valence-electron chi connectivity index (χ1n) is 15.4. The summed E-state index contributed by atoms with van der Waals surface area (Å²) >= 11 is 0. The molecule has 0 bridgehead atoms. The fourth-order valence-corrected chi connectivity index (χ4v) is 15.9. The van der Waals surface area contributed by atoms with E-state index in [1.165, 1.54) is 48.3 Å². The Hall–Kier alpha value is 0.860. The van der Waals surface area contributed by atoms with Crippen molar-refractivity contribution in [1.82, 2.24) is 0 Å². The second-order valence-corrected chi connectivity index (χ2v) is 17.9. The van der Waals surface area contributed by atoms with E-state index in [2.05, 4.69) is 0 Å². The van der Waals surface area contributed by atoms with Crippen LogP contribution in [-0.2, 0) is 0 Å². The monoisotopic (exact) mass is 478 g/mol. The van der Waals surface area contributed by atoms with Gasteiger partial charge in [-0.1, -0.05) is 89.9 Å². The highest BCUT2D eigenvalue weighted by Crippen LogP contribution is 2.57. The maximum atomic E-state index is 1.66. The molecule has 2 heteroatoms. The van der Waals surface area contributed by atoms with Crippen molar-refractivity contribution >= 4 is 15.8 Å². The first kappa shape index (κ1) is 25.9. The van der Waals surface area contributed by atoms with Crippen LogP contribution in [0, 0.1) is 0 Å². The van der Waals surface area contributed by atoms with E-state index in [4.69, 9.17) is 0 Å². The van der Waals surface area contributed by atoms with Gasteiger partial charge in [0.2, 0.25) is 0 Å². The van der Waals surface area contributed by atoms with Crippen LogP contribution < -0.4 is 0 Å². The Kier molecular flexibility index (Phi) is 12.2. The van der Waals surface area contributed by atoms with Crippen LogP contribution in [0.4, 0.5) is 0 Å². The highest BCUT2D eigenvalue weighted by Gasteiger charge is 2.31. The Bertz CT molecular complexity index is 387. The molecule has 0 unspecified atom stereocenters. The lowest BCUT2D eigenvalue weighted by Gasteiger charge is -2.39. The van der Waals surface area contributed by atoms with Crippen LogP contribution in [0.1, 0.15) is 154 Å². The predicted molar refractivity (Wildman–Crippen MR) is 150 cm³/mol. The number of hydrogen-bond donors (Lipinski definition) is 0. The Labute approximate surface area is 204 Å². The summed E-state index contributed by atoms with van der Waals surface area (Å²) in [6.45, 7) is 0. The third-order valence-corrected chi connectivity index (χ3v) is 17.2. The molecule has 0 N–H and O–H groups in total. The summed E-state index contributed by atoms with van der Waals surface area (Å²) in [7, 11) is 0.706. The molecule has 0 saturated heterocycles. The molecular weight excluding hydrogens is 422 g/mol. The molecule has 0 nitrogen and oxygen atoms in total. The van der Waals surface area contributed by atoms with Crippen molar-refractivity contribution in [3.63, 3.8) is 0 Å². The average Bonchev–Trinajstić information content (AvgIpc) is 2.88. The van der Waals surface area contributed by atoms with Gasteiger partial charge in [0.1, 0.15) is 0 Å². The Morgan fingerprint density at radius 2 is 0.562 bits per heavy atom. The molecule has 0 radical (unpaired) electrons. The fourth-order valence-electron chi connectivity index (χ4n) is 7.92. The summed E-state index contributed by atoms with van der Waals surface area (Å²) in [5.41, 5.74) is 4.69. The second kappa shape index (κ2) is 15.1. The van der Waals surface area contributed by atoms with Crippen molar-refractivity contribution in [2.24, 2.45) is 0 Å². The largest absolute Gasteiger partial charge is 0.100 e. The number of hydrogen-bond acceptors (Lipinski definition) is 0. The zero-order chi connectivity index (χ0) is 21.8. The quantitative estimate of drug-likeness (QED) is 0.205. The summed E-state index contributed by atoms with van der Waals surface area (Å²) in [5.74, 6) is 0. The van der Waals surface area contributed by atoms with E-state index in [-0.39, 0.29) is 0 Å². The number of rotatable bonds is 11. The molecule has 0 aromatic carbocycles. The third-order valence-electron chi connectivity index (χ3n) is 9.76. The topological polar surface area (TPSA) is 0 Å². The smallest absolute Gasteiger partial charge is 0.0207 e. The minimum Gasteiger partial charge on any atom is -0.100 e. The molecule has 0 aromatic heterocycles. The summed E-state index contributed by atoms with van der Waals surface area (Å²) in [4.78, 5) is 0. The molecule has 4 fully saturated rings. The van der Waals surface area contributed by atoms with Crippen LogP contribution in [0.3, 0.4) is 0 Å². The molecule has 0 spiro atoms. The lowest BCUT2D eigenvalue weighted by Crippen LogP contribution is -2.22. The van der Waals surface area contributed by atoms with Gasteiger partial charge in [-0.25, -0.2) is 0 Å². The molecule has 0 atom stereocenters. The minimum atomic E-state index is 0.353. The molecule has 4 rings (SSSR count). The zero-order valence-electron chi connectivity index (χ0n) is 21.6. The Morgan fingerprint density at radius 3 is 0.812 bits per heavy atom. The standard InChI is InChI=1S/C30H56P2/c1(15-25-31(27-17-7-3-8-18-27)28-19-9-4-10-20-28)2-16-26-32(29-21-11-5-12-22-29)30-23-13-6-14-24-30/h27-30H,1-26H2. The van der Waals surface area contributed by atoms with Gasteiger partial charge in [-0.3, -0.25) is 0 Å². The van der Waals surface area contributed by atoms with Gasteiger partial charge in [-0.2, -0.15) is 0 Å². The molecule has 186 valence electrons. The lowest BCUT2D eigenvalue weighted by molar-refractivity contribution is 0.482. The van der Waals surface area contributed by atoms with Crippen LogP contribution in [0.25, 0.3) is 0 Å². The molecule has 4 aliphatic rings.